The Labute approximate surface area is 189 Å². The molecule has 160 valence electrons. The SMILES string of the molecule is CC(NC(=O)C1(C)CCc2ccccc2O1)C(Cc1ccc(Cl)cc1)c1ccccc1. The first-order valence-electron chi connectivity index (χ1n) is 10.8. The van der Waals surface area contributed by atoms with Crippen molar-refractivity contribution in [2.75, 3.05) is 0 Å². The van der Waals surface area contributed by atoms with Crippen LogP contribution in [0.4, 0.5) is 0 Å². The minimum absolute atomic E-state index is 0.0634. The molecule has 0 bridgehead atoms. The van der Waals surface area contributed by atoms with Crippen molar-refractivity contribution in [1.29, 1.82) is 0 Å². The Kier molecular flexibility index (Phi) is 6.33. The Morgan fingerprint density at radius 3 is 2.45 bits per heavy atom. The highest BCUT2D eigenvalue weighted by atomic mass is 35.5. The summed E-state index contributed by atoms with van der Waals surface area (Å²) >= 11 is 6.06. The number of hydrogen-bond donors (Lipinski definition) is 1. The van der Waals surface area contributed by atoms with Crippen LogP contribution in [0.25, 0.3) is 0 Å². The van der Waals surface area contributed by atoms with Crippen molar-refractivity contribution < 1.29 is 9.53 Å². The average molecular weight is 434 g/mol. The van der Waals surface area contributed by atoms with E-state index in [9.17, 15) is 4.79 Å². The fourth-order valence-electron chi connectivity index (χ4n) is 4.25. The number of amides is 1. The van der Waals surface area contributed by atoms with Crippen molar-refractivity contribution in [1.82, 2.24) is 5.32 Å². The number of aryl methyl sites for hydroxylation is 1. The van der Waals surface area contributed by atoms with Crippen molar-refractivity contribution in [2.45, 2.75) is 50.7 Å². The maximum absolute atomic E-state index is 13.3. The van der Waals surface area contributed by atoms with E-state index in [0.29, 0.717) is 6.42 Å². The fraction of sp³-hybridized carbons (Fsp3) is 0.296. The second-order valence-electron chi connectivity index (χ2n) is 8.55. The number of ether oxygens (including phenoxy) is 1. The molecule has 4 rings (SSSR count). The molecule has 1 heterocycles. The summed E-state index contributed by atoms with van der Waals surface area (Å²) in [6, 6.07) is 26.2. The van der Waals surface area contributed by atoms with Crippen LogP contribution in [0.3, 0.4) is 0 Å². The summed E-state index contributed by atoms with van der Waals surface area (Å²) in [4.78, 5) is 13.3. The van der Waals surface area contributed by atoms with E-state index in [2.05, 4.69) is 42.6 Å². The van der Waals surface area contributed by atoms with E-state index in [1.807, 2.05) is 55.5 Å². The number of carbonyl (C=O) groups is 1. The monoisotopic (exact) mass is 433 g/mol. The first-order chi connectivity index (χ1) is 14.9. The van der Waals surface area contributed by atoms with Gasteiger partial charge in [-0.1, -0.05) is 72.3 Å². The minimum atomic E-state index is -0.871. The lowest BCUT2D eigenvalue weighted by Gasteiger charge is -2.36. The van der Waals surface area contributed by atoms with Gasteiger partial charge in [-0.2, -0.15) is 0 Å². The summed E-state index contributed by atoms with van der Waals surface area (Å²) in [5.74, 6) is 0.872. The zero-order valence-electron chi connectivity index (χ0n) is 18.0. The van der Waals surface area contributed by atoms with Crippen LogP contribution in [0.5, 0.6) is 5.75 Å². The maximum atomic E-state index is 13.3. The molecule has 3 aromatic carbocycles. The van der Waals surface area contributed by atoms with E-state index >= 15 is 0 Å². The van der Waals surface area contributed by atoms with Crippen LogP contribution in [-0.2, 0) is 17.6 Å². The molecule has 0 fully saturated rings. The van der Waals surface area contributed by atoms with Gasteiger partial charge in [0.15, 0.2) is 5.60 Å². The molecule has 0 saturated heterocycles. The molecule has 1 aliphatic rings. The molecule has 0 radical (unpaired) electrons. The Hall–Kier alpha value is -2.78. The van der Waals surface area contributed by atoms with Crippen LogP contribution in [0, 0.1) is 0 Å². The number of rotatable bonds is 6. The van der Waals surface area contributed by atoms with E-state index < -0.39 is 5.60 Å². The van der Waals surface area contributed by atoms with Gasteiger partial charge >= 0.3 is 0 Å². The molecule has 3 aromatic rings. The lowest BCUT2D eigenvalue weighted by atomic mass is 9.85. The summed E-state index contributed by atoms with van der Waals surface area (Å²) < 4.78 is 6.17. The summed E-state index contributed by atoms with van der Waals surface area (Å²) in [7, 11) is 0. The smallest absolute Gasteiger partial charge is 0.264 e. The number of benzene rings is 3. The van der Waals surface area contributed by atoms with Crippen molar-refractivity contribution in [2.24, 2.45) is 0 Å². The molecule has 0 aliphatic carbocycles. The number of halogens is 1. The van der Waals surface area contributed by atoms with Crippen molar-refractivity contribution in [3.8, 4) is 5.75 Å². The van der Waals surface area contributed by atoms with Gasteiger partial charge in [0.1, 0.15) is 5.75 Å². The molecule has 1 aliphatic heterocycles. The molecule has 0 spiro atoms. The molecule has 3 unspecified atom stereocenters. The highest BCUT2D eigenvalue weighted by Gasteiger charge is 2.40. The van der Waals surface area contributed by atoms with E-state index in [0.717, 1.165) is 29.2 Å². The second kappa shape index (κ2) is 9.15. The molecule has 0 aromatic heterocycles. The van der Waals surface area contributed by atoms with Crippen LogP contribution >= 0.6 is 11.6 Å². The van der Waals surface area contributed by atoms with Crippen LogP contribution in [0.15, 0.2) is 78.9 Å². The fourth-order valence-corrected chi connectivity index (χ4v) is 4.38. The molecule has 1 N–H and O–H groups in total. The average Bonchev–Trinajstić information content (AvgIpc) is 2.79. The lowest BCUT2D eigenvalue weighted by Crippen LogP contribution is -2.54. The van der Waals surface area contributed by atoms with Crippen molar-refractivity contribution in [3.63, 3.8) is 0 Å². The van der Waals surface area contributed by atoms with Gasteiger partial charge in [-0.15, -0.1) is 0 Å². The van der Waals surface area contributed by atoms with Gasteiger partial charge in [0.05, 0.1) is 0 Å². The standard InChI is InChI=1S/C27H28ClNO2/c1-19(29-26(30)27(2)17-16-22-10-6-7-11-25(22)31-27)24(21-8-4-3-5-9-21)18-20-12-14-23(28)15-13-20/h3-15,19,24H,16-18H2,1-2H3,(H,29,30). The summed E-state index contributed by atoms with van der Waals surface area (Å²) in [6.07, 6.45) is 2.31. The normalized spacial score (nSPS) is 19.6. The zero-order valence-corrected chi connectivity index (χ0v) is 18.7. The first kappa shape index (κ1) is 21.5. The third-order valence-electron chi connectivity index (χ3n) is 6.22. The summed E-state index contributed by atoms with van der Waals surface area (Å²) in [5, 5.41) is 3.99. The highest BCUT2D eigenvalue weighted by molar-refractivity contribution is 6.30. The Balaban J connectivity index is 1.52. The van der Waals surface area contributed by atoms with Gasteiger partial charge in [-0.25, -0.2) is 0 Å². The number of nitrogens with one attached hydrogen (secondary N) is 1. The summed E-state index contributed by atoms with van der Waals surface area (Å²) in [6.45, 7) is 3.97. The predicted molar refractivity (Wildman–Crippen MR) is 126 cm³/mol. The zero-order chi connectivity index (χ0) is 21.8. The lowest BCUT2D eigenvalue weighted by molar-refractivity contribution is -0.137. The molecule has 3 nitrogen and oxygen atoms in total. The van der Waals surface area contributed by atoms with Crippen LogP contribution in [0.1, 0.15) is 42.9 Å². The van der Waals surface area contributed by atoms with E-state index in [1.54, 1.807) is 0 Å². The van der Waals surface area contributed by atoms with Crippen LogP contribution in [-0.4, -0.2) is 17.6 Å². The number of hydrogen-bond acceptors (Lipinski definition) is 2. The minimum Gasteiger partial charge on any atom is -0.477 e. The predicted octanol–water partition coefficient (Wildman–Crippen LogP) is 5.95. The third-order valence-corrected chi connectivity index (χ3v) is 6.47. The van der Waals surface area contributed by atoms with E-state index in [-0.39, 0.29) is 17.9 Å². The number of carbonyl (C=O) groups excluding carboxylic acids is 1. The first-order valence-corrected chi connectivity index (χ1v) is 11.2. The molecule has 4 heteroatoms. The van der Waals surface area contributed by atoms with Crippen LogP contribution < -0.4 is 10.1 Å². The van der Waals surface area contributed by atoms with Gasteiger partial charge < -0.3 is 10.1 Å². The topological polar surface area (TPSA) is 38.3 Å². The molecular weight excluding hydrogens is 406 g/mol. The second-order valence-corrected chi connectivity index (χ2v) is 8.99. The van der Waals surface area contributed by atoms with E-state index in [4.69, 9.17) is 16.3 Å². The highest BCUT2D eigenvalue weighted by Crippen LogP contribution is 2.34. The Bertz CT molecular complexity index is 1030. The van der Waals surface area contributed by atoms with Crippen LogP contribution in [0.2, 0.25) is 5.02 Å². The Morgan fingerprint density at radius 2 is 1.71 bits per heavy atom. The van der Waals surface area contributed by atoms with Crippen molar-refractivity contribution in [3.05, 3.63) is 101 Å². The van der Waals surface area contributed by atoms with Gasteiger partial charge in [0.25, 0.3) is 5.91 Å². The maximum Gasteiger partial charge on any atom is 0.264 e. The van der Waals surface area contributed by atoms with Crippen molar-refractivity contribution >= 4 is 17.5 Å². The van der Waals surface area contributed by atoms with Gasteiger partial charge in [-0.3, -0.25) is 4.79 Å². The summed E-state index contributed by atoms with van der Waals surface area (Å²) in [5.41, 5.74) is 2.67. The van der Waals surface area contributed by atoms with E-state index in [1.165, 1.54) is 11.1 Å². The molecule has 0 saturated carbocycles. The molecular formula is C27H28ClNO2. The molecule has 1 amide bonds. The molecule has 3 atom stereocenters. The largest absolute Gasteiger partial charge is 0.477 e. The third kappa shape index (κ3) is 4.94. The van der Waals surface area contributed by atoms with Gasteiger partial charge in [0, 0.05) is 23.4 Å². The van der Waals surface area contributed by atoms with Gasteiger partial charge in [0.2, 0.25) is 0 Å². The Morgan fingerprint density at radius 1 is 1.03 bits per heavy atom. The number of fused-ring (bicyclic) bond motifs is 1. The quantitative estimate of drug-likeness (QED) is 0.521. The van der Waals surface area contributed by atoms with Gasteiger partial charge in [-0.05, 0) is 61.6 Å². The number of para-hydroxylation sites is 1. The molecule has 31 heavy (non-hydrogen) atoms.